The molecule has 0 fully saturated rings. The highest BCUT2D eigenvalue weighted by atomic mass is 16.6. The summed E-state index contributed by atoms with van der Waals surface area (Å²) in [7, 11) is 2.99. The molecular weight excluding hydrogens is 470 g/mol. The molecule has 1 aliphatic heterocycles. The van der Waals surface area contributed by atoms with Gasteiger partial charge in [-0.15, -0.1) is 0 Å². The fourth-order valence-corrected chi connectivity index (χ4v) is 3.71. The number of hydrogen-bond acceptors (Lipinski definition) is 9. The highest BCUT2D eigenvalue weighted by Gasteiger charge is 2.19. The molecule has 1 aromatic heterocycles. The summed E-state index contributed by atoms with van der Waals surface area (Å²) in [6.45, 7) is 2.65. The van der Waals surface area contributed by atoms with E-state index in [-0.39, 0.29) is 18.5 Å². The molecule has 3 aromatic rings. The van der Waals surface area contributed by atoms with E-state index >= 15 is 0 Å². The van der Waals surface area contributed by atoms with Crippen LogP contribution >= 0.6 is 0 Å². The first kappa shape index (κ1) is 24.8. The molecule has 0 radical (unpaired) electrons. The lowest BCUT2D eigenvalue weighted by molar-refractivity contribution is -0.153. The molecule has 2 heterocycles. The number of methoxy groups -OCH3 is 2. The second-order valence-electron chi connectivity index (χ2n) is 8.05. The minimum absolute atomic E-state index is 0.0258. The smallest absolute Gasteiger partial charge is 0.306 e. The lowest BCUT2D eigenvalue weighted by atomic mass is 10.2. The molecule has 0 spiro atoms. The van der Waals surface area contributed by atoms with Gasteiger partial charge in [0.25, 0.3) is 11.5 Å². The fraction of sp³-hybridized carbons (Fsp3) is 0.360. The number of aryl methyl sites for hydroxylation is 1. The molecule has 11 nitrogen and oxygen atoms in total. The number of ether oxygens (including phenoxy) is 5. The van der Waals surface area contributed by atoms with Crippen molar-refractivity contribution in [3.8, 4) is 23.0 Å². The van der Waals surface area contributed by atoms with Gasteiger partial charge in [-0.2, -0.15) is 0 Å². The molecule has 0 saturated heterocycles. The van der Waals surface area contributed by atoms with E-state index in [2.05, 4.69) is 10.3 Å². The number of amides is 1. The number of nitrogens with one attached hydrogen (secondary N) is 1. The van der Waals surface area contributed by atoms with Gasteiger partial charge in [0.05, 0.1) is 31.4 Å². The van der Waals surface area contributed by atoms with Crippen LogP contribution in [0.15, 0.2) is 41.5 Å². The Morgan fingerprint density at radius 1 is 1.08 bits per heavy atom. The van der Waals surface area contributed by atoms with E-state index in [0.29, 0.717) is 59.2 Å². The van der Waals surface area contributed by atoms with Crippen molar-refractivity contribution in [3.63, 3.8) is 0 Å². The maximum absolute atomic E-state index is 12.8. The molecule has 1 unspecified atom stereocenters. The number of esters is 1. The van der Waals surface area contributed by atoms with Crippen molar-refractivity contribution in [2.45, 2.75) is 32.4 Å². The normalized spacial score (nSPS) is 13.1. The molecule has 11 heteroatoms. The van der Waals surface area contributed by atoms with Crippen molar-refractivity contribution in [3.05, 3.63) is 47.0 Å². The topological polar surface area (TPSA) is 127 Å². The quantitative estimate of drug-likeness (QED) is 0.444. The Morgan fingerprint density at radius 2 is 1.81 bits per heavy atom. The Hall–Kier alpha value is -4.28. The lowest BCUT2D eigenvalue weighted by Crippen LogP contribution is -2.30. The fourth-order valence-electron chi connectivity index (χ4n) is 3.71. The summed E-state index contributed by atoms with van der Waals surface area (Å²) < 4.78 is 28.1. The van der Waals surface area contributed by atoms with E-state index in [1.165, 1.54) is 32.0 Å². The van der Waals surface area contributed by atoms with Gasteiger partial charge in [0.15, 0.2) is 29.1 Å². The largest absolute Gasteiger partial charge is 0.493 e. The van der Waals surface area contributed by atoms with Crippen molar-refractivity contribution in [2.75, 3.05) is 32.8 Å². The third-order valence-electron chi connectivity index (χ3n) is 5.60. The molecule has 1 amide bonds. The van der Waals surface area contributed by atoms with E-state index in [0.717, 1.165) is 0 Å². The predicted molar refractivity (Wildman–Crippen MR) is 130 cm³/mol. The summed E-state index contributed by atoms with van der Waals surface area (Å²) >= 11 is 0. The maximum atomic E-state index is 12.8. The van der Waals surface area contributed by atoms with Crippen LogP contribution in [-0.2, 0) is 20.9 Å². The van der Waals surface area contributed by atoms with Crippen LogP contribution in [0.1, 0.15) is 19.8 Å². The van der Waals surface area contributed by atoms with Crippen molar-refractivity contribution in [2.24, 2.45) is 0 Å². The molecule has 36 heavy (non-hydrogen) atoms. The number of aromatic nitrogens is 2. The zero-order valence-electron chi connectivity index (χ0n) is 20.2. The minimum Gasteiger partial charge on any atom is -0.493 e. The van der Waals surface area contributed by atoms with Crippen LogP contribution in [0, 0.1) is 0 Å². The summed E-state index contributed by atoms with van der Waals surface area (Å²) in [4.78, 5) is 41.9. The number of carbonyl (C=O) groups excluding carboxylic acids is 2. The Kier molecular flexibility index (Phi) is 7.57. The zero-order valence-corrected chi connectivity index (χ0v) is 20.2. The van der Waals surface area contributed by atoms with Gasteiger partial charge >= 0.3 is 5.97 Å². The van der Waals surface area contributed by atoms with Crippen LogP contribution in [0.4, 0.5) is 5.69 Å². The van der Waals surface area contributed by atoms with Crippen LogP contribution in [0.25, 0.3) is 10.9 Å². The number of benzene rings is 2. The molecular formula is C25H27N3O8. The molecule has 0 saturated carbocycles. The third-order valence-corrected chi connectivity index (χ3v) is 5.60. The third kappa shape index (κ3) is 5.51. The van der Waals surface area contributed by atoms with Crippen molar-refractivity contribution >= 4 is 28.5 Å². The Bertz CT molecular complexity index is 1340. The first-order chi connectivity index (χ1) is 17.4. The Balaban J connectivity index is 1.30. The van der Waals surface area contributed by atoms with Crippen molar-refractivity contribution in [1.29, 1.82) is 0 Å². The number of hydrogen-bond donors (Lipinski definition) is 1. The van der Waals surface area contributed by atoms with E-state index in [1.54, 1.807) is 30.3 Å². The number of fused-ring (bicyclic) bond motifs is 2. The van der Waals surface area contributed by atoms with Gasteiger partial charge in [-0.25, -0.2) is 4.98 Å². The molecule has 190 valence electrons. The van der Waals surface area contributed by atoms with Gasteiger partial charge in [-0.3, -0.25) is 19.0 Å². The highest BCUT2D eigenvalue weighted by molar-refractivity contribution is 5.95. The molecule has 2 aromatic carbocycles. The predicted octanol–water partition coefficient (Wildman–Crippen LogP) is 2.54. The standard InChI is InChI=1S/C25H27N3O8/c1-15(24(30)27-16-6-7-19-22(11-16)35-10-9-34-19)36-23(29)5-4-8-28-14-26-18-13-21(33-3)20(32-2)12-17(18)25(28)31/h6-7,11-15H,4-5,8-10H2,1-3H3,(H,27,30). The summed E-state index contributed by atoms with van der Waals surface area (Å²) in [6.07, 6.45) is 0.775. The molecule has 0 aliphatic carbocycles. The second kappa shape index (κ2) is 11.0. The molecule has 1 N–H and O–H groups in total. The van der Waals surface area contributed by atoms with E-state index in [9.17, 15) is 14.4 Å². The number of carbonyl (C=O) groups is 2. The summed E-state index contributed by atoms with van der Waals surface area (Å²) in [5.41, 5.74) is 0.720. The first-order valence-electron chi connectivity index (χ1n) is 11.4. The van der Waals surface area contributed by atoms with Gasteiger partial charge in [-0.05, 0) is 31.5 Å². The van der Waals surface area contributed by atoms with Crippen LogP contribution in [-0.4, -0.2) is 55.0 Å². The number of anilines is 1. The Labute approximate surface area is 206 Å². The molecule has 4 rings (SSSR count). The van der Waals surface area contributed by atoms with Gasteiger partial charge in [0.1, 0.15) is 13.2 Å². The maximum Gasteiger partial charge on any atom is 0.306 e. The zero-order chi connectivity index (χ0) is 25.7. The summed E-state index contributed by atoms with van der Waals surface area (Å²) in [5.74, 6) is 1.03. The summed E-state index contributed by atoms with van der Waals surface area (Å²) in [6, 6.07) is 8.25. The van der Waals surface area contributed by atoms with Gasteiger partial charge < -0.3 is 29.0 Å². The monoisotopic (exact) mass is 497 g/mol. The van der Waals surface area contributed by atoms with Gasteiger partial charge in [0.2, 0.25) is 0 Å². The second-order valence-corrected chi connectivity index (χ2v) is 8.05. The molecule has 1 aliphatic rings. The summed E-state index contributed by atoms with van der Waals surface area (Å²) in [5, 5.41) is 3.07. The number of rotatable bonds is 9. The average Bonchev–Trinajstić information content (AvgIpc) is 2.89. The Morgan fingerprint density at radius 3 is 2.56 bits per heavy atom. The highest BCUT2D eigenvalue weighted by Crippen LogP contribution is 2.32. The van der Waals surface area contributed by atoms with E-state index < -0.39 is 18.0 Å². The molecule has 0 bridgehead atoms. The van der Waals surface area contributed by atoms with E-state index in [4.69, 9.17) is 23.7 Å². The minimum atomic E-state index is -1.00. The van der Waals surface area contributed by atoms with Crippen molar-refractivity contribution in [1.82, 2.24) is 9.55 Å². The van der Waals surface area contributed by atoms with Gasteiger partial charge in [0, 0.05) is 30.8 Å². The van der Waals surface area contributed by atoms with E-state index in [1.807, 2.05) is 0 Å². The van der Waals surface area contributed by atoms with Crippen LogP contribution in [0.2, 0.25) is 0 Å². The average molecular weight is 498 g/mol. The first-order valence-corrected chi connectivity index (χ1v) is 11.4. The lowest BCUT2D eigenvalue weighted by Gasteiger charge is -2.19. The van der Waals surface area contributed by atoms with Crippen molar-refractivity contribution < 1.29 is 33.3 Å². The SMILES string of the molecule is COc1cc2ncn(CCCC(=O)OC(C)C(=O)Nc3ccc4c(c3)OCCO4)c(=O)c2cc1OC. The van der Waals surface area contributed by atoms with Gasteiger partial charge in [-0.1, -0.05) is 0 Å². The van der Waals surface area contributed by atoms with Crippen LogP contribution < -0.4 is 29.8 Å². The van der Waals surface area contributed by atoms with Crippen LogP contribution in [0.3, 0.4) is 0 Å². The van der Waals surface area contributed by atoms with Crippen LogP contribution in [0.5, 0.6) is 23.0 Å². The number of nitrogens with zero attached hydrogens (tertiary/aromatic N) is 2. The molecule has 1 atom stereocenters.